The van der Waals surface area contributed by atoms with Gasteiger partial charge in [0.1, 0.15) is 0 Å². The van der Waals surface area contributed by atoms with E-state index in [1.54, 1.807) is 0 Å². The van der Waals surface area contributed by atoms with E-state index in [0.717, 1.165) is 26.2 Å². The Balaban J connectivity index is 1.31. The maximum Gasteiger partial charge on any atom is 0.345 e. The Hall–Kier alpha value is -3.66. The third-order valence-electron chi connectivity index (χ3n) is 9.23. The van der Waals surface area contributed by atoms with Crippen LogP contribution in [0.3, 0.4) is 0 Å². The SMILES string of the molecule is CC1=[N+](c2c(C)c(C)c([N+]3=C(C)C4=[N+](C3)c3ccccc3C4)c(C)c2C)C[N+]2=C1Cc1ccccc12. The smallest absolute Gasteiger partial charge is 0.130 e. The summed E-state index contributed by atoms with van der Waals surface area (Å²) < 4.78 is 10.2. The molecule has 0 N–H and O–H groups in total. The summed E-state index contributed by atoms with van der Waals surface area (Å²) in [5.41, 5.74) is 19.7. The van der Waals surface area contributed by atoms with Crippen molar-refractivity contribution >= 4 is 45.6 Å². The fraction of sp³-hybridized carbons (Fsp3) is 0.312. The highest BCUT2D eigenvalue weighted by molar-refractivity contribution is 6.40. The number of fused-ring (bicyclic) bond motifs is 4. The van der Waals surface area contributed by atoms with Gasteiger partial charge in [-0.2, -0.15) is 0 Å². The summed E-state index contributed by atoms with van der Waals surface area (Å²) in [5.74, 6) is 0. The molecule has 7 rings (SSSR count). The summed E-state index contributed by atoms with van der Waals surface area (Å²) >= 11 is 0. The summed E-state index contributed by atoms with van der Waals surface area (Å²) in [6.45, 7) is 15.7. The molecule has 4 aliphatic heterocycles. The fourth-order valence-electron chi connectivity index (χ4n) is 7.03. The van der Waals surface area contributed by atoms with E-state index in [0.29, 0.717) is 0 Å². The van der Waals surface area contributed by atoms with Crippen LogP contribution in [-0.4, -0.2) is 54.5 Å². The van der Waals surface area contributed by atoms with Crippen LogP contribution in [-0.2, 0) is 12.8 Å². The molecule has 4 aliphatic rings. The number of nitrogens with zero attached hydrogens (tertiary/aromatic N) is 4. The van der Waals surface area contributed by atoms with Gasteiger partial charge in [-0.15, -0.1) is 18.3 Å². The average Bonchev–Trinajstić information content (AvgIpc) is 3.60. The molecule has 0 bridgehead atoms. The molecule has 0 spiro atoms. The second-order valence-corrected chi connectivity index (χ2v) is 10.9. The van der Waals surface area contributed by atoms with Crippen LogP contribution in [0.25, 0.3) is 0 Å². The fourth-order valence-corrected chi connectivity index (χ4v) is 7.03. The van der Waals surface area contributed by atoms with Crippen molar-refractivity contribution in [2.45, 2.75) is 54.4 Å². The van der Waals surface area contributed by atoms with Gasteiger partial charge in [0, 0.05) is 59.4 Å². The van der Waals surface area contributed by atoms with Crippen molar-refractivity contribution in [3.05, 3.63) is 81.9 Å². The molecule has 4 heterocycles. The van der Waals surface area contributed by atoms with Crippen molar-refractivity contribution in [2.75, 3.05) is 13.3 Å². The van der Waals surface area contributed by atoms with Gasteiger partial charge < -0.3 is 0 Å². The van der Waals surface area contributed by atoms with Crippen LogP contribution < -0.4 is 0 Å². The first-order valence-electron chi connectivity index (χ1n) is 13.1. The molecule has 0 aromatic heterocycles. The monoisotopic (exact) mass is 474 g/mol. The summed E-state index contributed by atoms with van der Waals surface area (Å²) in [6.07, 6.45) is 2.06. The van der Waals surface area contributed by atoms with Gasteiger partial charge in [-0.3, -0.25) is 0 Å². The molecule has 0 fully saturated rings. The molecule has 0 unspecified atom stereocenters. The van der Waals surface area contributed by atoms with Gasteiger partial charge in [-0.05, 0) is 27.7 Å². The van der Waals surface area contributed by atoms with Crippen molar-refractivity contribution in [1.29, 1.82) is 0 Å². The first-order chi connectivity index (χ1) is 17.4. The van der Waals surface area contributed by atoms with Crippen LogP contribution >= 0.6 is 0 Å². The van der Waals surface area contributed by atoms with Gasteiger partial charge in [0.25, 0.3) is 22.8 Å². The quantitative estimate of drug-likeness (QED) is 0.419. The normalized spacial score (nSPS) is 17.9. The van der Waals surface area contributed by atoms with E-state index in [1.165, 1.54) is 79.0 Å². The largest absolute Gasteiger partial charge is 0.345 e. The Morgan fingerprint density at radius 2 is 0.833 bits per heavy atom. The highest BCUT2D eigenvalue weighted by Gasteiger charge is 2.47. The van der Waals surface area contributed by atoms with Crippen molar-refractivity contribution < 1.29 is 18.3 Å². The molecule has 178 valence electrons. The lowest BCUT2D eigenvalue weighted by atomic mass is 9.94. The molecular formula is C32H34N4+4. The molecule has 3 aromatic rings. The number of benzene rings is 3. The number of rotatable bonds is 2. The second kappa shape index (κ2) is 7.42. The maximum atomic E-state index is 2.56. The Morgan fingerprint density at radius 3 is 1.22 bits per heavy atom. The van der Waals surface area contributed by atoms with Crippen molar-refractivity contribution in [1.82, 2.24) is 0 Å². The molecule has 4 nitrogen and oxygen atoms in total. The van der Waals surface area contributed by atoms with Crippen molar-refractivity contribution in [3.8, 4) is 0 Å². The van der Waals surface area contributed by atoms with Crippen LogP contribution in [0, 0.1) is 27.7 Å². The lowest BCUT2D eigenvalue weighted by molar-refractivity contribution is -0.638. The van der Waals surface area contributed by atoms with E-state index in [-0.39, 0.29) is 0 Å². The first-order valence-corrected chi connectivity index (χ1v) is 13.1. The van der Waals surface area contributed by atoms with Crippen LogP contribution in [0.5, 0.6) is 0 Å². The molecule has 0 radical (unpaired) electrons. The first kappa shape index (κ1) is 21.6. The number of hydrogen-bond acceptors (Lipinski definition) is 0. The Morgan fingerprint density at radius 1 is 0.472 bits per heavy atom. The van der Waals surface area contributed by atoms with Gasteiger partial charge in [0.15, 0.2) is 0 Å². The third kappa shape index (κ3) is 2.70. The minimum absolute atomic E-state index is 0.898. The third-order valence-corrected chi connectivity index (χ3v) is 9.23. The molecule has 0 aliphatic carbocycles. The van der Waals surface area contributed by atoms with Gasteiger partial charge in [-0.1, -0.05) is 36.4 Å². The highest BCUT2D eigenvalue weighted by atomic mass is 15.3. The van der Waals surface area contributed by atoms with E-state index in [1.807, 2.05) is 0 Å². The van der Waals surface area contributed by atoms with Crippen molar-refractivity contribution in [2.24, 2.45) is 0 Å². The Kier molecular flexibility index (Phi) is 4.46. The van der Waals surface area contributed by atoms with Gasteiger partial charge >= 0.3 is 13.3 Å². The summed E-state index contributed by atoms with van der Waals surface area (Å²) in [6, 6.07) is 17.7. The van der Waals surface area contributed by atoms with E-state index in [2.05, 4.69) is 108 Å². The topological polar surface area (TPSA) is 12.0 Å². The molecule has 0 saturated heterocycles. The minimum Gasteiger partial charge on any atom is -0.130 e. The molecule has 0 atom stereocenters. The van der Waals surface area contributed by atoms with Crippen LogP contribution in [0.4, 0.5) is 22.7 Å². The van der Waals surface area contributed by atoms with Crippen LogP contribution in [0.15, 0.2) is 48.5 Å². The van der Waals surface area contributed by atoms with E-state index >= 15 is 0 Å². The van der Waals surface area contributed by atoms with Crippen molar-refractivity contribution in [3.63, 3.8) is 0 Å². The zero-order chi connectivity index (χ0) is 24.9. The predicted octanol–water partition coefficient (Wildman–Crippen LogP) is 5.75. The van der Waals surface area contributed by atoms with Crippen LogP contribution in [0.2, 0.25) is 0 Å². The van der Waals surface area contributed by atoms with Gasteiger partial charge in [0.2, 0.25) is 22.7 Å². The van der Waals surface area contributed by atoms with Gasteiger partial charge in [-0.25, -0.2) is 0 Å². The summed E-state index contributed by atoms with van der Waals surface area (Å²) in [5, 5.41) is 0. The van der Waals surface area contributed by atoms with E-state index in [4.69, 9.17) is 0 Å². The number of hydrogen-bond donors (Lipinski definition) is 0. The molecule has 0 saturated carbocycles. The van der Waals surface area contributed by atoms with E-state index in [9.17, 15) is 0 Å². The molecule has 4 heteroatoms. The number of para-hydroxylation sites is 2. The Labute approximate surface area is 213 Å². The zero-order valence-electron chi connectivity index (χ0n) is 22.2. The summed E-state index contributed by atoms with van der Waals surface area (Å²) in [7, 11) is 0. The molecule has 3 aromatic carbocycles. The van der Waals surface area contributed by atoms with E-state index < -0.39 is 0 Å². The van der Waals surface area contributed by atoms with Gasteiger partial charge in [0.05, 0.1) is 12.8 Å². The average molecular weight is 475 g/mol. The molecule has 0 amide bonds. The highest BCUT2D eigenvalue weighted by Crippen LogP contribution is 2.41. The standard InChI is InChI=1S/C32H34N4/c1-19-20(2)32(34-18-36-28-14-10-8-12-26(28)16-30(36)24(34)6)22(4)21(3)31(19)33-17-35-27-13-9-7-11-25(27)15-29(35)23(33)5/h7-14H,15-18H2,1-6H3/q+4. The molecular weight excluding hydrogens is 440 g/mol. The maximum absolute atomic E-state index is 2.56. The lowest BCUT2D eigenvalue weighted by Crippen LogP contribution is -2.21. The second-order valence-electron chi connectivity index (χ2n) is 10.9. The zero-order valence-corrected chi connectivity index (χ0v) is 22.2. The molecule has 36 heavy (non-hydrogen) atoms. The predicted molar refractivity (Wildman–Crippen MR) is 146 cm³/mol. The lowest BCUT2D eigenvalue weighted by Gasteiger charge is -2.14. The summed E-state index contributed by atoms with van der Waals surface area (Å²) in [4.78, 5) is 0. The Bertz CT molecular complexity index is 1520. The minimum atomic E-state index is 0.898. The van der Waals surface area contributed by atoms with Crippen LogP contribution in [0.1, 0.15) is 47.2 Å².